The summed E-state index contributed by atoms with van der Waals surface area (Å²) < 4.78 is 25.1. The van der Waals surface area contributed by atoms with Crippen molar-refractivity contribution in [3.8, 4) is 0 Å². The first-order chi connectivity index (χ1) is 4.80. The molecule has 0 bridgehead atoms. The van der Waals surface area contributed by atoms with Crippen molar-refractivity contribution in [3.63, 3.8) is 0 Å². The normalized spacial score (nSPS) is 18.6. The van der Waals surface area contributed by atoms with E-state index < -0.39 is 22.3 Å². The molecule has 0 aromatic heterocycles. The van der Waals surface area contributed by atoms with E-state index in [-0.39, 0.29) is 0 Å². The maximum atomic E-state index is 12.7. The fraction of sp³-hybridized carbons (Fsp3) is 0.600. The molecule has 0 saturated carbocycles. The van der Waals surface area contributed by atoms with E-state index in [0.717, 1.165) is 0 Å². The molecule has 0 heterocycles. The second-order valence-corrected chi connectivity index (χ2v) is 2.73. The van der Waals surface area contributed by atoms with Crippen LogP contribution in [0.3, 0.4) is 0 Å². The van der Waals surface area contributed by atoms with E-state index in [1.807, 2.05) is 0 Å². The van der Waals surface area contributed by atoms with E-state index in [9.17, 15) is 18.4 Å². The maximum Gasteiger partial charge on any atom is 0.262 e. The van der Waals surface area contributed by atoms with E-state index >= 15 is 0 Å². The van der Waals surface area contributed by atoms with Crippen molar-refractivity contribution in [1.82, 2.24) is 0 Å². The molecule has 0 radical (unpaired) electrons. The Labute approximate surface area is 71.5 Å². The van der Waals surface area contributed by atoms with Crippen LogP contribution in [0.4, 0.5) is 8.78 Å². The summed E-state index contributed by atoms with van der Waals surface area (Å²) in [6.07, 6.45) is -2.71. The van der Waals surface area contributed by atoms with Gasteiger partial charge in [-0.2, -0.15) is 0 Å². The van der Waals surface area contributed by atoms with Crippen molar-refractivity contribution >= 4 is 33.7 Å². The lowest BCUT2D eigenvalue weighted by Crippen LogP contribution is -2.40. The Balaban J connectivity index is 4.55. The molecular formula is C5H4Cl2F2O2. The SMILES string of the molecule is CC(F)(C(=O)Cl)C(F)C(=O)Cl. The van der Waals surface area contributed by atoms with Gasteiger partial charge in [-0.3, -0.25) is 9.59 Å². The summed E-state index contributed by atoms with van der Waals surface area (Å²) in [5, 5.41) is -3.16. The number of hydrogen-bond donors (Lipinski definition) is 0. The molecule has 6 heteroatoms. The molecule has 0 aromatic rings. The van der Waals surface area contributed by atoms with Gasteiger partial charge in [-0.15, -0.1) is 0 Å². The molecule has 0 N–H and O–H groups in total. The van der Waals surface area contributed by atoms with Crippen molar-refractivity contribution in [2.45, 2.75) is 18.8 Å². The Morgan fingerprint density at radius 2 is 1.82 bits per heavy atom. The summed E-state index contributed by atoms with van der Waals surface area (Å²) in [6.45, 7) is 0.549. The average Bonchev–Trinajstić information content (AvgIpc) is 1.85. The summed E-state index contributed by atoms with van der Waals surface area (Å²) in [7, 11) is 0. The minimum Gasteiger partial charge on any atom is -0.278 e. The summed E-state index contributed by atoms with van der Waals surface area (Å²) >= 11 is 9.24. The zero-order valence-electron chi connectivity index (χ0n) is 5.41. The Hall–Kier alpha value is -0.220. The number of carbonyl (C=O) groups excluding carboxylic acids is 2. The number of carbonyl (C=O) groups is 2. The molecule has 0 amide bonds. The molecule has 0 aromatic carbocycles. The van der Waals surface area contributed by atoms with Crippen LogP contribution in [0.5, 0.6) is 0 Å². The molecular weight excluding hydrogens is 201 g/mol. The second kappa shape index (κ2) is 3.45. The third-order valence-electron chi connectivity index (χ3n) is 1.06. The summed E-state index contributed by atoms with van der Waals surface area (Å²) in [4.78, 5) is 20.2. The largest absolute Gasteiger partial charge is 0.278 e. The van der Waals surface area contributed by atoms with E-state index in [1.165, 1.54) is 0 Å². The van der Waals surface area contributed by atoms with E-state index in [2.05, 4.69) is 23.2 Å². The maximum absolute atomic E-state index is 12.7. The third-order valence-corrected chi connectivity index (χ3v) is 1.62. The van der Waals surface area contributed by atoms with Crippen LogP contribution in [0.15, 0.2) is 0 Å². The lowest BCUT2D eigenvalue weighted by molar-refractivity contribution is -0.132. The minimum atomic E-state index is -3.04. The second-order valence-electron chi connectivity index (χ2n) is 2.02. The van der Waals surface area contributed by atoms with Crippen LogP contribution < -0.4 is 0 Å². The van der Waals surface area contributed by atoms with Crippen LogP contribution in [0, 0.1) is 0 Å². The molecule has 0 aliphatic heterocycles. The number of alkyl halides is 2. The van der Waals surface area contributed by atoms with Gasteiger partial charge in [-0.25, -0.2) is 8.78 Å². The van der Waals surface area contributed by atoms with E-state index in [0.29, 0.717) is 6.92 Å². The van der Waals surface area contributed by atoms with Crippen molar-refractivity contribution in [3.05, 3.63) is 0 Å². The predicted molar refractivity (Wildman–Crippen MR) is 36.1 cm³/mol. The van der Waals surface area contributed by atoms with Gasteiger partial charge in [0.15, 0.2) is 0 Å². The predicted octanol–water partition coefficient (Wildman–Crippen LogP) is 1.58. The Kier molecular flexibility index (Phi) is 3.38. The number of halogens is 4. The molecule has 0 fully saturated rings. The average molecular weight is 205 g/mol. The van der Waals surface area contributed by atoms with Crippen LogP contribution in [-0.2, 0) is 9.59 Å². The molecule has 0 aliphatic carbocycles. The highest BCUT2D eigenvalue weighted by Crippen LogP contribution is 2.23. The molecule has 0 aliphatic rings. The summed E-state index contributed by atoms with van der Waals surface area (Å²) in [5.41, 5.74) is -3.04. The van der Waals surface area contributed by atoms with Gasteiger partial charge in [0.25, 0.3) is 10.5 Å². The number of hydrogen-bond acceptors (Lipinski definition) is 2. The molecule has 11 heavy (non-hydrogen) atoms. The quantitative estimate of drug-likeness (QED) is 0.655. The third kappa shape index (κ3) is 2.38. The van der Waals surface area contributed by atoms with Crippen molar-refractivity contribution in [2.24, 2.45) is 0 Å². The highest BCUT2D eigenvalue weighted by molar-refractivity contribution is 6.68. The van der Waals surface area contributed by atoms with Gasteiger partial charge in [-0.1, -0.05) is 0 Å². The fourth-order valence-electron chi connectivity index (χ4n) is 0.313. The first-order valence-corrected chi connectivity index (χ1v) is 3.28. The zero-order valence-corrected chi connectivity index (χ0v) is 6.92. The molecule has 2 nitrogen and oxygen atoms in total. The molecule has 64 valence electrons. The van der Waals surface area contributed by atoms with E-state index in [4.69, 9.17) is 0 Å². The zero-order chi connectivity index (χ0) is 9.23. The molecule has 0 rings (SSSR count). The Morgan fingerprint density at radius 3 is 1.91 bits per heavy atom. The Morgan fingerprint density at radius 1 is 1.45 bits per heavy atom. The van der Waals surface area contributed by atoms with Crippen molar-refractivity contribution < 1.29 is 18.4 Å². The lowest BCUT2D eigenvalue weighted by atomic mass is 10.1. The minimum absolute atomic E-state index is 0.549. The standard InChI is InChI=1S/C5H4Cl2F2O2/c1-5(9,4(7)11)2(8)3(6)10/h2H,1H3. The van der Waals surface area contributed by atoms with Gasteiger partial charge in [0, 0.05) is 0 Å². The molecule has 0 spiro atoms. The van der Waals surface area contributed by atoms with Crippen LogP contribution in [0.1, 0.15) is 6.92 Å². The van der Waals surface area contributed by atoms with Crippen LogP contribution in [0.25, 0.3) is 0 Å². The van der Waals surface area contributed by atoms with Gasteiger partial charge in [0.05, 0.1) is 0 Å². The van der Waals surface area contributed by atoms with Crippen LogP contribution in [0.2, 0.25) is 0 Å². The summed E-state index contributed by atoms with van der Waals surface area (Å²) in [6, 6.07) is 0. The first-order valence-electron chi connectivity index (χ1n) is 2.52. The lowest BCUT2D eigenvalue weighted by Gasteiger charge is -2.16. The Bertz CT molecular complexity index is 193. The smallest absolute Gasteiger partial charge is 0.262 e. The first kappa shape index (κ1) is 10.8. The molecule has 2 unspecified atom stereocenters. The van der Waals surface area contributed by atoms with Crippen molar-refractivity contribution in [1.29, 1.82) is 0 Å². The van der Waals surface area contributed by atoms with Crippen molar-refractivity contribution in [2.75, 3.05) is 0 Å². The highest BCUT2D eigenvalue weighted by Gasteiger charge is 2.45. The topological polar surface area (TPSA) is 34.1 Å². The fourth-order valence-corrected chi connectivity index (χ4v) is 0.613. The van der Waals surface area contributed by atoms with Gasteiger partial charge in [0.2, 0.25) is 11.8 Å². The van der Waals surface area contributed by atoms with Gasteiger partial charge in [0.1, 0.15) is 0 Å². The van der Waals surface area contributed by atoms with E-state index in [1.54, 1.807) is 0 Å². The van der Waals surface area contributed by atoms with Gasteiger partial charge >= 0.3 is 0 Å². The van der Waals surface area contributed by atoms with Gasteiger partial charge in [-0.05, 0) is 30.1 Å². The molecule has 2 atom stereocenters. The van der Waals surface area contributed by atoms with Gasteiger partial charge < -0.3 is 0 Å². The highest BCUT2D eigenvalue weighted by atomic mass is 35.5. The van der Waals surface area contributed by atoms with Crippen LogP contribution in [-0.4, -0.2) is 22.3 Å². The summed E-state index contributed by atoms with van der Waals surface area (Å²) in [5.74, 6) is 0. The molecule has 0 saturated heterocycles. The van der Waals surface area contributed by atoms with Crippen LogP contribution >= 0.6 is 23.2 Å². The monoisotopic (exact) mass is 204 g/mol. The number of rotatable bonds is 3.